The Bertz CT molecular complexity index is 295. The van der Waals surface area contributed by atoms with Crippen molar-refractivity contribution in [3.63, 3.8) is 0 Å². The van der Waals surface area contributed by atoms with Gasteiger partial charge in [-0.05, 0) is 13.3 Å². The maximum absolute atomic E-state index is 10.0. The third-order valence-corrected chi connectivity index (χ3v) is 3.08. The molecule has 0 amide bonds. The number of rotatable bonds is 11. The fourth-order valence-electron chi connectivity index (χ4n) is 0.933. The van der Waals surface area contributed by atoms with Gasteiger partial charge < -0.3 is 19.7 Å². The Morgan fingerprint density at radius 3 is 2.15 bits per heavy atom. The summed E-state index contributed by atoms with van der Waals surface area (Å²) in [4.78, 5) is 0. The summed E-state index contributed by atoms with van der Waals surface area (Å²) in [6.45, 7) is 9.78. The minimum absolute atomic E-state index is 0.0367. The first-order chi connectivity index (χ1) is 9.53. The summed E-state index contributed by atoms with van der Waals surface area (Å²) in [5, 5.41) is 17.0. The van der Waals surface area contributed by atoms with Gasteiger partial charge in [0.25, 0.3) is 0 Å². The summed E-state index contributed by atoms with van der Waals surface area (Å²) in [5.74, 6) is 0. The van der Waals surface area contributed by atoms with E-state index in [1.807, 2.05) is 0 Å². The van der Waals surface area contributed by atoms with Gasteiger partial charge in [-0.25, -0.2) is 9.13 Å². The standard InChI is InChI=1S/C9H16O3.C4H9O3P/c1-3-5-11-8-9(7-10)12-6-4-2;1-4(2-3-5)8(6)7/h3-4,9-10H,1-2,5-8H2;4-5H,2-3H2,1H3. The van der Waals surface area contributed by atoms with Crippen LogP contribution in [0.25, 0.3) is 0 Å². The summed E-state index contributed by atoms with van der Waals surface area (Å²) >= 11 is 0. The van der Waals surface area contributed by atoms with Crippen molar-refractivity contribution < 1.29 is 28.8 Å². The van der Waals surface area contributed by atoms with Crippen LogP contribution in [0.5, 0.6) is 0 Å². The second-order valence-corrected chi connectivity index (χ2v) is 5.35. The lowest BCUT2D eigenvalue weighted by Crippen LogP contribution is -2.24. The Balaban J connectivity index is 0. The SMILES string of the molecule is C=CCOCC(CO)OCC=C.CC(CCO)P(=O)=O. The Labute approximate surface area is 120 Å². The summed E-state index contributed by atoms with van der Waals surface area (Å²) < 4.78 is 30.3. The van der Waals surface area contributed by atoms with Gasteiger partial charge in [0.1, 0.15) is 6.10 Å². The molecule has 2 unspecified atom stereocenters. The molecule has 0 aromatic carbocycles. The maximum atomic E-state index is 10.0. The summed E-state index contributed by atoms with van der Waals surface area (Å²) in [6.07, 6.45) is 3.37. The highest BCUT2D eigenvalue weighted by Crippen LogP contribution is 2.15. The molecule has 118 valence electrons. The van der Waals surface area contributed by atoms with Crippen LogP contribution >= 0.6 is 7.68 Å². The summed E-state index contributed by atoms with van der Waals surface area (Å²) in [6, 6.07) is 0. The molecule has 0 spiro atoms. The molecule has 2 atom stereocenters. The molecule has 0 bridgehead atoms. The molecule has 0 saturated carbocycles. The normalized spacial score (nSPS) is 12.8. The molecule has 0 heterocycles. The van der Waals surface area contributed by atoms with Gasteiger partial charge in [-0.3, -0.25) is 0 Å². The molecular formula is C13H25O6P. The van der Waals surface area contributed by atoms with Crippen molar-refractivity contribution in [2.24, 2.45) is 0 Å². The average Bonchev–Trinajstić information content (AvgIpc) is 2.43. The highest BCUT2D eigenvalue weighted by molar-refractivity contribution is 7.31. The first kappa shape index (κ1) is 21.5. The van der Waals surface area contributed by atoms with E-state index in [1.165, 1.54) is 0 Å². The molecule has 0 aromatic rings. The number of aliphatic hydroxyl groups is 2. The molecule has 0 fully saturated rings. The highest BCUT2D eigenvalue weighted by Gasteiger charge is 2.05. The zero-order valence-electron chi connectivity index (χ0n) is 11.9. The van der Waals surface area contributed by atoms with Crippen molar-refractivity contribution in [2.45, 2.75) is 25.1 Å². The third kappa shape index (κ3) is 15.3. The van der Waals surface area contributed by atoms with Gasteiger partial charge in [0.2, 0.25) is 0 Å². The van der Waals surface area contributed by atoms with Gasteiger partial charge >= 0.3 is 7.68 Å². The Kier molecular flexibility index (Phi) is 17.5. The van der Waals surface area contributed by atoms with E-state index in [4.69, 9.17) is 19.7 Å². The number of hydrogen-bond acceptors (Lipinski definition) is 6. The van der Waals surface area contributed by atoms with Gasteiger partial charge in [-0.15, -0.1) is 13.2 Å². The van der Waals surface area contributed by atoms with Gasteiger partial charge in [0.15, 0.2) is 0 Å². The average molecular weight is 308 g/mol. The van der Waals surface area contributed by atoms with E-state index < -0.39 is 7.68 Å². The number of hydrogen-bond donors (Lipinski definition) is 2. The van der Waals surface area contributed by atoms with Crippen molar-refractivity contribution in [3.8, 4) is 0 Å². The molecule has 0 aliphatic carbocycles. The van der Waals surface area contributed by atoms with Crippen LogP contribution in [-0.4, -0.2) is 55.0 Å². The predicted octanol–water partition coefficient (Wildman–Crippen LogP) is 1.68. The van der Waals surface area contributed by atoms with E-state index >= 15 is 0 Å². The van der Waals surface area contributed by atoms with Crippen LogP contribution in [-0.2, 0) is 18.6 Å². The van der Waals surface area contributed by atoms with E-state index in [2.05, 4.69) is 13.2 Å². The monoisotopic (exact) mass is 308 g/mol. The zero-order chi connectivity index (χ0) is 15.8. The molecule has 0 aliphatic heterocycles. The van der Waals surface area contributed by atoms with E-state index in [-0.39, 0.29) is 25.0 Å². The van der Waals surface area contributed by atoms with Crippen LogP contribution in [0.2, 0.25) is 0 Å². The molecule has 0 radical (unpaired) electrons. The van der Waals surface area contributed by atoms with Gasteiger partial charge in [0, 0.05) is 6.61 Å². The van der Waals surface area contributed by atoms with Crippen LogP contribution in [0.3, 0.4) is 0 Å². The molecule has 20 heavy (non-hydrogen) atoms. The van der Waals surface area contributed by atoms with Crippen molar-refractivity contribution in [2.75, 3.05) is 33.0 Å². The van der Waals surface area contributed by atoms with E-state index in [9.17, 15) is 9.13 Å². The molecule has 0 rings (SSSR count). The van der Waals surface area contributed by atoms with Crippen molar-refractivity contribution in [1.82, 2.24) is 0 Å². The Hall–Kier alpha value is -0.780. The van der Waals surface area contributed by atoms with Crippen molar-refractivity contribution >= 4 is 7.68 Å². The largest absolute Gasteiger partial charge is 0.396 e. The second kappa shape index (κ2) is 16.3. The van der Waals surface area contributed by atoms with Crippen molar-refractivity contribution in [3.05, 3.63) is 25.3 Å². The third-order valence-electron chi connectivity index (χ3n) is 2.10. The Morgan fingerprint density at radius 1 is 1.20 bits per heavy atom. The highest BCUT2D eigenvalue weighted by atomic mass is 31.1. The van der Waals surface area contributed by atoms with Gasteiger partial charge in [-0.2, -0.15) is 0 Å². The Morgan fingerprint density at radius 2 is 1.80 bits per heavy atom. The van der Waals surface area contributed by atoms with E-state index in [0.717, 1.165) is 0 Å². The number of aliphatic hydroxyl groups excluding tert-OH is 2. The van der Waals surface area contributed by atoms with Crippen LogP contribution in [0, 0.1) is 0 Å². The van der Waals surface area contributed by atoms with Crippen LogP contribution in [0.15, 0.2) is 25.3 Å². The molecule has 7 heteroatoms. The lowest BCUT2D eigenvalue weighted by Gasteiger charge is -2.13. The molecule has 2 N–H and O–H groups in total. The molecule has 0 aliphatic rings. The molecule has 0 saturated heterocycles. The number of ether oxygens (including phenoxy) is 2. The topological polar surface area (TPSA) is 93.1 Å². The second-order valence-electron chi connectivity index (χ2n) is 3.90. The molecule has 0 aromatic heterocycles. The first-order valence-electron chi connectivity index (χ1n) is 6.29. The van der Waals surface area contributed by atoms with Crippen molar-refractivity contribution in [1.29, 1.82) is 0 Å². The fraction of sp³-hybridized carbons (Fsp3) is 0.692. The summed E-state index contributed by atoms with van der Waals surface area (Å²) in [5.41, 5.74) is -0.380. The minimum atomic E-state index is -2.33. The summed E-state index contributed by atoms with van der Waals surface area (Å²) in [7, 11) is -2.33. The molecular weight excluding hydrogens is 283 g/mol. The van der Waals surface area contributed by atoms with Crippen LogP contribution in [0.4, 0.5) is 0 Å². The predicted molar refractivity (Wildman–Crippen MR) is 77.5 cm³/mol. The lowest BCUT2D eigenvalue weighted by molar-refractivity contribution is -0.0268. The molecule has 6 nitrogen and oxygen atoms in total. The quantitative estimate of drug-likeness (QED) is 0.343. The maximum Gasteiger partial charge on any atom is 0.318 e. The fourth-order valence-corrected chi connectivity index (χ4v) is 1.26. The van der Waals surface area contributed by atoms with E-state index in [0.29, 0.717) is 26.2 Å². The minimum Gasteiger partial charge on any atom is -0.396 e. The van der Waals surface area contributed by atoms with E-state index in [1.54, 1.807) is 19.1 Å². The zero-order valence-corrected chi connectivity index (χ0v) is 12.8. The van der Waals surface area contributed by atoms with Gasteiger partial charge in [0.05, 0.1) is 32.1 Å². The van der Waals surface area contributed by atoms with Gasteiger partial charge in [-0.1, -0.05) is 12.2 Å². The first-order valence-corrected chi connectivity index (χ1v) is 7.54. The lowest BCUT2D eigenvalue weighted by atomic mass is 10.3. The van der Waals surface area contributed by atoms with Crippen LogP contribution < -0.4 is 0 Å². The van der Waals surface area contributed by atoms with Crippen LogP contribution in [0.1, 0.15) is 13.3 Å². The smallest absolute Gasteiger partial charge is 0.318 e.